The van der Waals surface area contributed by atoms with Gasteiger partial charge in [0.1, 0.15) is 6.54 Å². The lowest BCUT2D eigenvalue weighted by Gasteiger charge is -2.24. The van der Waals surface area contributed by atoms with Crippen molar-refractivity contribution in [1.82, 2.24) is 4.90 Å². The number of hydrogen-bond donors (Lipinski definition) is 1. The van der Waals surface area contributed by atoms with Crippen LogP contribution in [-0.2, 0) is 9.59 Å². The topological polar surface area (TPSA) is 57.6 Å². The molecule has 3 aliphatic rings. The summed E-state index contributed by atoms with van der Waals surface area (Å²) in [7, 11) is 0. The predicted octanol–water partition coefficient (Wildman–Crippen LogP) is 1.85. The molecule has 19 heavy (non-hydrogen) atoms. The van der Waals surface area contributed by atoms with Crippen LogP contribution in [0.2, 0.25) is 0 Å². The van der Waals surface area contributed by atoms with E-state index < -0.39 is 5.97 Å². The minimum absolute atomic E-state index is 0.114. The van der Waals surface area contributed by atoms with Crippen LogP contribution in [0.25, 0.3) is 0 Å². The molecule has 0 aromatic rings. The summed E-state index contributed by atoms with van der Waals surface area (Å²) in [4.78, 5) is 25.1. The Morgan fingerprint density at radius 1 is 1.21 bits per heavy atom. The van der Waals surface area contributed by atoms with Crippen LogP contribution < -0.4 is 0 Å². The zero-order valence-electron chi connectivity index (χ0n) is 11.7. The third-order valence-electron chi connectivity index (χ3n) is 5.24. The predicted molar refractivity (Wildman–Crippen MR) is 70.4 cm³/mol. The van der Waals surface area contributed by atoms with Crippen molar-refractivity contribution in [3.8, 4) is 0 Å². The lowest BCUT2D eigenvalue weighted by Crippen LogP contribution is -2.40. The highest BCUT2D eigenvalue weighted by molar-refractivity contribution is 5.86. The lowest BCUT2D eigenvalue weighted by atomic mass is 10.0. The molecular weight excluding hydrogens is 242 g/mol. The van der Waals surface area contributed by atoms with E-state index in [0.29, 0.717) is 24.3 Å². The van der Waals surface area contributed by atoms with Crippen LogP contribution in [0, 0.1) is 35.5 Å². The van der Waals surface area contributed by atoms with E-state index in [9.17, 15) is 9.59 Å². The Hall–Kier alpha value is -1.06. The summed E-state index contributed by atoms with van der Waals surface area (Å²) >= 11 is 0. The fraction of sp³-hybridized carbons (Fsp3) is 0.867. The number of carboxylic acids is 1. The molecule has 3 fully saturated rings. The second-order valence-corrected chi connectivity index (χ2v) is 7.02. The first-order chi connectivity index (χ1) is 8.99. The van der Waals surface area contributed by atoms with E-state index in [2.05, 4.69) is 0 Å². The standard InChI is InChI=1S/C15H23NO3/c1-8(2)6-16(7-11(17)18)15(19)14-12-9-3-4-10(5-9)13(12)14/h8-10,12-14H,3-7H2,1-2H3,(H,17,18). The van der Waals surface area contributed by atoms with Crippen LogP contribution in [0.3, 0.4) is 0 Å². The number of amides is 1. The average molecular weight is 265 g/mol. The number of fused-ring (bicyclic) bond motifs is 5. The highest BCUT2D eigenvalue weighted by Gasteiger charge is 2.68. The van der Waals surface area contributed by atoms with E-state index in [4.69, 9.17) is 5.11 Å². The van der Waals surface area contributed by atoms with Gasteiger partial charge in [0.15, 0.2) is 0 Å². The maximum absolute atomic E-state index is 12.6. The zero-order valence-corrected chi connectivity index (χ0v) is 11.7. The SMILES string of the molecule is CC(C)CN(CC(=O)O)C(=O)C1C2C3CCC(C3)C12. The molecule has 0 aromatic carbocycles. The summed E-state index contributed by atoms with van der Waals surface area (Å²) in [5.41, 5.74) is 0. The summed E-state index contributed by atoms with van der Waals surface area (Å²) in [6, 6.07) is 0. The molecule has 1 N–H and O–H groups in total. The molecule has 3 aliphatic carbocycles. The van der Waals surface area contributed by atoms with Gasteiger partial charge in [0, 0.05) is 12.5 Å². The van der Waals surface area contributed by atoms with Gasteiger partial charge in [0.25, 0.3) is 0 Å². The van der Waals surface area contributed by atoms with E-state index in [0.717, 1.165) is 11.8 Å². The molecule has 0 radical (unpaired) electrons. The second-order valence-electron chi connectivity index (χ2n) is 7.02. The monoisotopic (exact) mass is 265 g/mol. The molecule has 0 aliphatic heterocycles. The van der Waals surface area contributed by atoms with Gasteiger partial charge in [0.05, 0.1) is 0 Å². The van der Waals surface area contributed by atoms with Crippen molar-refractivity contribution < 1.29 is 14.7 Å². The number of nitrogens with zero attached hydrogens (tertiary/aromatic N) is 1. The minimum Gasteiger partial charge on any atom is -0.480 e. The van der Waals surface area contributed by atoms with Crippen LogP contribution in [0.4, 0.5) is 0 Å². The van der Waals surface area contributed by atoms with Crippen molar-refractivity contribution in [2.75, 3.05) is 13.1 Å². The van der Waals surface area contributed by atoms with Crippen LogP contribution >= 0.6 is 0 Å². The summed E-state index contributed by atoms with van der Waals surface area (Å²) in [6.45, 7) is 4.48. The van der Waals surface area contributed by atoms with Gasteiger partial charge in [-0.25, -0.2) is 0 Å². The van der Waals surface area contributed by atoms with Gasteiger partial charge in [0.2, 0.25) is 5.91 Å². The molecule has 0 spiro atoms. The van der Waals surface area contributed by atoms with Crippen LogP contribution in [0.5, 0.6) is 0 Å². The van der Waals surface area contributed by atoms with E-state index in [1.54, 1.807) is 4.90 Å². The number of rotatable bonds is 5. The Balaban J connectivity index is 1.66. The molecule has 0 aromatic heterocycles. The van der Waals surface area contributed by atoms with Gasteiger partial charge in [-0.2, -0.15) is 0 Å². The normalized spacial score (nSPS) is 38.4. The summed E-state index contributed by atoms with van der Waals surface area (Å²) in [5.74, 6) is 2.39. The molecule has 4 atom stereocenters. The van der Waals surface area contributed by atoms with Gasteiger partial charge in [-0.3, -0.25) is 9.59 Å². The van der Waals surface area contributed by atoms with Crippen LogP contribution in [0.15, 0.2) is 0 Å². The van der Waals surface area contributed by atoms with E-state index in [1.165, 1.54) is 19.3 Å². The first kappa shape index (κ1) is 12.9. The average Bonchev–Trinajstić information content (AvgIpc) is 2.74. The molecule has 3 saturated carbocycles. The fourth-order valence-corrected chi connectivity index (χ4v) is 4.70. The number of carbonyl (C=O) groups is 2. The first-order valence-corrected chi connectivity index (χ1v) is 7.49. The molecule has 2 bridgehead atoms. The molecule has 4 unspecified atom stereocenters. The van der Waals surface area contributed by atoms with Crippen molar-refractivity contribution in [3.05, 3.63) is 0 Å². The number of hydrogen-bond acceptors (Lipinski definition) is 2. The maximum atomic E-state index is 12.6. The van der Waals surface area contributed by atoms with E-state index in [-0.39, 0.29) is 18.4 Å². The highest BCUT2D eigenvalue weighted by atomic mass is 16.4. The molecule has 3 rings (SSSR count). The molecule has 0 heterocycles. The maximum Gasteiger partial charge on any atom is 0.323 e. The Bertz CT molecular complexity index is 390. The second kappa shape index (κ2) is 4.50. The van der Waals surface area contributed by atoms with Crippen molar-refractivity contribution >= 4 is 11.9 Å². The van der Waals surface area contributed by atoms with Gasteiger partial charge < -0.3 is 10.0 Å². The Morgan fingerprint density at radius 3 is 2.26 bits per heavy atom. The van der Waals surface area contributed by atoms with E-state index in [1.807, 2.05) is 13.8 Å². The van der Waals surface area contributed by atoms with Gasteiger partial charge >= 0.3 is 5.97 Å². The van der Waals surface area contributed by atoms with Crippen molar-refractivity contribution in [3.63, 3.8) is 0 Å². The van der Waals surface area contributed by atoms with Gasteiger partial charge in [-0.15, -0.1) is 0 Å². The van der Waals surface area contributed by atoms with Crippen molar-refractivity contribution in [2.45, 2.75) is 33.1 Å². The first-order valence-electron chi connectivity index (χ1n) is 7.49. The zero-order chi connectivity index (χ0) is 13.7. The van der Waals surface area contributed by atoms with Gasteiger partial charge in [-0.05, 0) is 48.9 Å². The number of carboxylic acid groups (broad SMARTS) is 1. The summed E-state index contributed by atoms with van der Waals surface area (Å²) in [6.07, 6.45) is 3.90. The summed E-state index contributed by atoms with van der Waals surface area (Å²) < 4.78 is 0. The minimum atomic E-state index is -0.900. The Kier molecular flexibility index (Phi) is 3.06. The molecule has 0 saturated heterocycles. The molecule has 4 heteroatoms. The Labute approximate surface area is 114 Å². The van der Waals surface area contributed by atoms with Crippen molar-refractivity contribution in [1.29, 1.82) is 0 Å². The smallest absolute Gasteiger partial charge is 0.323 e. The molecule has 106 valence electrons. The van der Waals surface area contributed by atoms with Crippen molar-refractivity contribution in [2.24, 2.45) is 35.5 Å². The van der Waals surface area contributed by atoms with Gasteiger partial charge in [-0.1, -0.05) is 13.8 Å². The molecule has 1 amide bonds. The number of carbonyl (C=O) groups excluding carboxylic acids is 1. The third-order valence-corrected chi connectivity index (χ3v) is 5.24. The summed E-state index contributed by atoms with van der Waals surface area (Å²) in [5, 5.41) is 8.97. The molecular formula is C15H23NO3. The third kappa shape index (κ3) is 2.15. The molecule has 4 nitrogen and oxygen atoms in total. The van der Waals surface area contributed by atoms with Crippen LogP contribution in [-0.4, -0.2) is 35.0 Å². The number of aliphatic carboxylic acids is 1. The highest BCUT2D eigenvalue weighted by Crippen LogP contribution is 2.69. The lowest BCUT2D eigenvalue weighted by molar-refractivity contribution is -0.145. The largest absolute Gasteiger partial charge is 0.480 e. The van der Waals surface area contributed by atoms with E-state index >= 15 is 0 Å². The quantitative estimate of drug-likeness (QED) is 0.825. The fourth-order valence-electron chi connectivity index (χ4n) is 4.70. The Morgan fingerprint density at radius 2 is 1.79 bits per heavy atom. The van der Waals surface area contributed by atoms with Crippen LogP contribution in [0.1, 0.15) is 33.1 Å².